The van der Waals surface area contributed by atoms with Gasteiger partial charge in [-0.05, 0) is 12.1 Å². The lowest BCUT2D eigenvalue weighted by Gasteiger charge is -2.30. The van der Waals surface area contributed by atoms with Crippen molar-refractivity contribution < 1.29 is 9.90 Å². The number of thioether (sulfide) groups is 1. The van der Waals surface area contributed by atoms with Crippen LogP contribution in [0.1, 0.15) is 22.8 Å². The third kappa shape index (κ3) is 3.52. The SMILES string of the molecule is CC1CN(C(=O)c2ccccc2C#CCO)CCS1. The van der Waals surface area contributed by atoms with Gasteiger partial charge in [0.1, 0.15) is 6.61 Å². The molecule has 4 heteroatoms. The minimum absolute atomic E-state index is 0.0370. The van der Waals surface area contributed by atoms with Gasteiger partial charge >= 0.3 is 0 Å². The van der Waals surface area contributed by atoms with Crippen molar-refractivity contribution in [2.75, 3.05) is 25.4 Å². The third-order valence-corrected chi connectivity index (χ3v) is 4.12. The van der Waals surface area contributed by atoms with Gasteiger partial charge in [0.15, 0.2) is 0 Å². The van der Waals surface area contributed by atoms with E-state index >= 15 is 0 Å². The van der Waals surface area contributed by atoms with E-state index in [0.717, 1.165) is 18.8 Å². The van der Waals surface area contributed by atoms with E-state index in [4.69, 9.17) is 5.11 Å². The number of nitrogens with zero attached hydrogens (tertiary/aromatic N) is 1. The Hall–Kier alpha value is -1.44. The second kappa shape index (κ2) is 6.65. The van der Waals surface area contributed by atoms with Crippen LogP contribution in [-0.4, -0.2) is 46.6 Å². The van der Waals surface area contributed by atoms with E-state index in [2.05, 4.69) is 18.8 Å². The smallest absolute Gasteiger partial charge is 0.255 e. The number of benzene rings is 1. The van der Waals surface area contributed by atoms with Gasteiger partial charge in [-0.1, -0.05) is 30.9 Å². The quantitative estimate of drug-likeness (QED) is 0.792. The van der Waals surface area contributed by atoms with Crippen molar-refractivity contribution in [3.8, 4) is 11.8 Å². The number of hydrogen-bond acceptors (Lipinski definition) is 3. The summed E-state index contributed by atoms with van der Waals surface area (Å²) in [5.41, 5.74) is 1.31. The van der Waals surface area contributed by atoms with Gasteiger partial charge in [0.05, 0.1) is 5.56 Å². The summed E-state index contributed by atoms with van der Waals surface area (Å²) in [6.45, 7) is 3.52. The molecule has 1 amide bonds. The highest BCUT2D eigenvalue weighted by molar-refractivity contribution is 7.99. The number of carbonyl (C=O) groups excluding carboxylic acids is 1. The average molecular weight is 275 g/mol. The van der Waals surface area contributed by atoms with Crippen LogP contribution in [0.3, 0.4) is 0 Å². The summed E-state index contributed by atoms with van der Waals surface area (Å²) in [5.74, 6) is 6.46. The lowest BCUT2D eigenvalue weighted by molar-refractivity contribution is 0.0763. The molecular weight excluding hydrogens is 258 g/mol. The fourth-order valence-electron chi connectivity index (χ4n) is 2.09. The second-order valence-electron chi connectivity index (χ2n) is 4.44. The van der Waals surface area contributed by atoms with E-state index < -0.39 is 0 Å². The number of aliphatic hydroxyl groups is 1. The number of hydrogen-bond donors (Lipinski definition) is 1. The van der Waals surface area contributed by atoms with Crippen LogP contribution in [-0.2, 0) is 0 Å². The summed E-state index contributed by atoms with van der Waals surface area (Å²) in [7, 11) is 0. The van der Waals surface area contributed by atoms with Gasteiger partial charge < -0.3 is 10.0 Å². The highest BCUT2D eigenvalue weighted by atomic mass is 32.2. The van der Waals surface area contributed by atoms with E-state index in [1.807, 2.05) is 34.9 Å². The molecule has 1 fully saturated rings. The van der Waals surface area contributed by atoms with E-state index in [9.17, 15) is 4.79 Å². The van der Waals surface area contributed by atoms with Crippen LogP contribution in [0.25, 0.3) is 0 Å². The van der Waals surface area contributed by atoms with E-state index in [1.54, 1.807) is 6.07 Å². The Kier molecular flexibility index (Phi) is 4.89. The lowest BCUT2D eigenvalue weighted by Crippen LogP contribution is -2.41. The van der Waals surface area contributed by atoms with Crippen LogP contribution in [0, 0.1) is 11.8 Å². The zero-order valence-corrected chi connectivity index (χ0v) is 11.7. The summed E-state index contributed by atoms with van der Waals surface area (Å²) >= 11 is 1.90. The Morgan fingerprint density at radius 1 is 1.53 bits per heavy atom. The topological polar surface area (TPSA) is 40.5 Å². The molecule has 3 nitrogen and oxygen atoms in total. The number of amides is 1. The molecule has 0 bridgehead atoms. The van der Waals surface area contributed by atoms with Crippen molar-refractivity contribution in [1.82, 2.24) is 4.90 Å². The first kappa shape index (κ1) is 14.0. The van der Waals surface area contributed by atoms with Crippen molar-refractivity contribution >= 4 is 17.7 Å². The van der Waals surface area contributed by atoms with Crippen LogP contribution >= 0.6 is 11.8 Å². The molecule has 19 heavy (non-hydrogen) atoms. The zero-order chi connectivity index (χ0) is 13.7. The van der Waals surface area contributed by atoms with Crippen molar-refractivity contribution in [1.29, 1.82) is 0 Å². The molecule has 100 valence electrons. The van der Waals surface area contributed by atoms with Crippen LogP contribution in [0.5, 0.6) is 0 Å². The van der Waals surface area contributed by atoms with Crippen molar-refractivity contribution in [2.24, 2.45) is 0 Å². The molecule has 1 aliphatic heterocycles. The van der Waals surface area contributed by atoms with Gasteiger partial charge in [0, 0.05) is 29.7 Å². The summed E-state index contributed by atoms with van der Waals surface area (Å²) < 4.78 is 0. The third-order valence-electron chi connectivity index (χ3n) is 2.99. The molecule has 2 rings (SSSR count). The Bertz CT molecular complexity index is 518. The highest BCUT2D eigenvalue weighted by Crippen LogP contribution is 2.20. The normalized spacial score (nSPS) is 18.6. The second-order valence-corrected chi connectivity index (χ2v) is 5.98. The first-order valence-corrected chi connectivity index (χ1v) is 7.37. The molecule has 0 aromatic heterocycles. The monoisotopic (exact) mass is 275 g/mol. The molecule has 1 unspecified atom stereocenters. The summed E-state index contributed by atoms with van der Waals surface area (Å²) in [4.78, 5) is 14.4. The van der Waals surface area contributed by atoms with Gasteiger partial charge in [-0.15, -0.1) is 0 Å². The Morgan fingerprint density at radius 3 is 3.05 bits per heavy atom. The Labute approximate surface area is 118 Å². The van der Waals surface area contributed by atoms with E-state index in [-0.39, 0.29) is 12.5 Å². The molecule has 1 aliphatic rings. The van der Waals surface area contributed by atoms with Gasteiger partial charge in [-0.2, -0.15) is 11.8 Å². The molecule has 0 saturated carbocycles. The van der Waals surface area contributed by atoms with Crippen molar-refractivity contribution in [2.45, 2.75) is 12.2 Å². The van der Waals surface area contributed by atoms with Crippen LogP contribution < -0.4 is 0 Å². The molecule has 0 radical (unpaired) electrons. The van der Waals surface area contributed by atoms with Gasteiger partial charge in [-0.25, -0.2) is 0 Å². The molecule has 1 aromatic rings. The molecule has 1 atom stereocenters. The molecule has 1 aromatic carbocycles. The predicted molar refractivity (Wildman–Crippen MR) is 78.2 cm³/mol. The highest BCUT2D eigenvalue weighted by Gasteiger charge is 2.23. The first-order valence-electron chi connectivity index (χ1n) is 6.32. The fourth-order valence-corrected chi connectivity index (χ4v) is 3.10. The number of carbonyl (C=O) groups is 1. The summed E-state index contributed by atoms with van der Waals surface area (Å²) in [6.07, 6.45) is 0. The summed E-state index contributed by atoms with van der Waals surface area (Å²) in [5, 5.41) is 9.25. The van der Waals surface area contributed by atoms with Crippen molar-refractivity contribution in [3.63, 3.8) is 0 Å². The maximum Gasteiger partial charge on any atom is 0.255 e. The molecular formula is C15H17NO2S. The molecule has 1 N–H and O–H groups in total. The number of aliphatic hydroxyl groups excluding tert-OH is 1. The van der Waals surface area contributed by atoms with Crippen LogP contribution in [0.2, 0.25) is 0 Å². The average Bonchev–Trinajstić information content (AvgIpc) is 2.44. The van der Waals surface area contributed by atoms with Gasteiger partial charge in [-0.3, -0.25) is 4.79 Å². The largest absolute Gasteiger partial charge is 0.384 e. The fraction of sp³-hybridized carbons (Fsp3) is 0.400. The maximum absolute atomic E-state index is 12.5. The molecule has 0 aliphatic carbocycles. The Balaban J connectivity index is 2.23. The lowest BCUT2D eigenvalue weighted by atomic mass is 10.1. The van der Waals surface area contributed by atoms with Crippen LogP contribution in [0.15, 0.2) is 24.3 Å². The maximum atomic E-state index is 12.5. The standard InChI is InChI=1S/C15H17NO2S/c1-12-11-16(8-10-19-12)15(18)14-7-3-2-5-13(14)6-4-9-17/h2-3,5,7,12,17H,8-11H2,1H3. The summed E-state index contributed by atoms with van der Waals surface area (Å²) in [6, 6.07) is 7.32. The van der Waals surface area contributed by atoms with Gasteiger partial charge in [0.2, 0.25) is 0 Å². The van der Waals surface area contributed by atoms with E-state index in [0.29, 0.717) is 16.4 Å². The minimum Gasteiger partial charge on any atom is -0.384 e. The molecule has 1 heterocycles. The Morgan fingerprint density at radius 2 is 2.32 bits per heavy atom. The first-order chi connectivity index (χ1) is 9.22. The van der Waals surface area contributed by atoms with Crippen molar-refractivity contribution in [3.05, 3.63) is 35.4 Å². The minimum atomic E-state index is -0.195. The number of rotatable bonds is 1. The molecule has 0 spiro atoms. The zero-order valence-electron chi connectivity index (χ0n) is 10.9. The predicted octanol–water partition coefficient (Wildman–Crippen LogP) is 1.61. The van der Waals surface area contributed by atoms with Gasteiger partial charge in [0.25, 0.3) is 5.91 Å². The molecule has 1 saturated heterocycles. The van der Waals surface area contributed by atoms with E-state index in [1.165, 1.54) is 0 Å². The van der Waals surface area contributed by atoms with Crippen LogP contribution in [0.4, 0.5) is 0 Å².